The molecule has 0 unspecified atom stereocenters. The van der Waals surface area contributed by atoms with Gasteiger partial charge in [-0.15, -0.1) is 0 Å². The van der Waals surface area contributed by atoms with Crippen LogP contribution in [0.5, 0.6) is 0 Å². The van der Waals surface area contributed by atoms with Gasteiger partial charge in [0.05, 0.1) is 11.1 Å². The fourth-order valence-corrected chi connectivity index (χ4v) is 3.97. The number of halogens is 3. The van der Waals surface area contributed by atoms with Gasteiger partial charge in [-0.3, -0.25) is 14.3 Å². The summed E-state index contributed by atoms with van der Waals surface area (Å²) < 4.78 is 38.0. The van der Waals surface area contributed by atoms with Crippen molar-refractivity contribution in [2.24, 2.45) is 0 Å². The lowest BCUT2D eigenvalue weighted by atomic mass is 9.82. The third-order valence-electron chi connectivity index (χ3n) is 5.39. The molecule has 1 amide bonds. The van der Waals surface area contributed by atoms with Crippen molar-refractivity contribution in [2.75, 3.05) is 0 Å². The number of nitrogens with zero attached hydrogens (tertiary/aromatic N) is 3. The molecule has 0 bridgehead atoms. The Hall–Kier alpha value is -3.17. The average molecular weight is 419 g/mol. The summed E-state index contributed by atoms with van der Waals surface area (Å²) in [5.41, 5.74) is 0.593. The minimum atomic E-state index is -4.39. The Kier molecular flexibility index (Phi) is 5.31. The number of carbonyl (C=O) groups excluding carboxylic acids is 1. The van der Waals surface area contributed by atoms with Crippen LogP contribution in [0.1, 0.15) is 47.8 Å². The number of amides is 1. The van der Waals surface area contributed by atoms with Crippen LogP contribution in [0, 0.1) is 0 Å². The smallest absolute Gasteiger partial charge is 0.348 e. The molecule has 4 rings (SSSR count). The van der Waals surface area contributed by atoms with Crippen molar-refractivity contribution < 1.29 is 18.0 Å². The molecule has 2 heterocycles. The number of nitrogens with one attached hydrogen (secondary N) is 2. The molecule has 1 aliphatic carbocycles. The molecule has 1 aromatic carbocycles. The van der Waals surface area contributed by atoms with Crippen LogP contribution < -0.4 is 10.9 Å². The maximum absolute atomic E-state index is 12.4. The molecule has 0 radical (unpaired) electrons. The number of hydrogen-bond donors (Lipinski definition) is 2. The van der Waals surface area contributed by atoms with E-state index in [0.717, 1.165) is 30.1 Å². The normalized spacial score (nSPS) is 19.7. The van der Waals surface area contributed by atoms with Crippen LogP contribution in [-0.2, 0) is 6.54 Å². The van der Waals surface area contributed by atoms with E-state index in [4.69, 9.17) is 0 Å². The number of aromatic nitrogens is 4. The highest BCUT2D eigenvalue weighted by atomic mass is 19.4. The topological polar surface area (TPSA) is 92.7 Å². The molecule has 7 nitrogen and oxygen atoms in total. The highest BCUT2D eigenvalue weighted by Gasteiger charge is 2.29. The van der Waals surface area contributed by atoms with Gasteiger partial charge in [-0.2, -0.15) is 23.4 Å². The van der Waals surface area contributed by atoms with Crippen LogP contribution in [0.25, 0.3) is 10.8 Å². The van der Waals surface area contributed by atoms with E-state index < -0.39 is 18.6 Å². The van der Waals surface area contributed by atoms with Gasteiger partial charge < -0.3 is 5.32 Å². The molecule has 3 aromatic rings. The van der Waals surface area contributed by atoms with Crippen molar-refractivity contribution in [1.29, 1.82) is 0 Å². The lowest BCUT2D eigenvalue weighted by Gasteiger charge is -2.29. The minimum Gasteiger partial charge on any atom is -0.348 e. The van der Waals surface area contributed by atoms with Crippen molar-refractivity contribution in [2.45, 2.75) is 50.4 Å². The van der Waals surface area contributed by atoms with Gasteiger partial charge >= 0.3 is 6.18 Å². The third-order valence-corrected chi connectivity index (χ3v) is 5.39. The first-order valence-electron chi connectivity index (χ1n) is 9.68. The first-order chi connectivity index (χ1) is 14.3. The maximum atomic E-state index is 12.4. The average Bonchev–Trinajstić information content (AvgIpc) is 3.16. The zero-order valence-corrected chi connectivity index (χ0v) is 15.9. The predicted molar refractivity (Wildman–Crippen MR) is 103 cm³/mol. The molecule has 2 aromatic heterocycles. The van der Waals surface area contributed by atoms with E-state index >= 15 is 0 Å². The van der Waals surface area contributed by atoms with E-state index in [-0.39, 0.29) is 23.2 Å². The fourth-order valence-electron chi connectivity index (χ4n) is 3.97. The summed E-state index contributed by atoms with van der Waals surface area (Å²) in [6, 6.07) is 8.53. The minimum absolute atomic E-state index is 0.0327. The van der Waals surface area contributed by atoms with Gasteiger partial charge in [-0.1, -0.05) is 18.2 Å². The lowest BCUT2D eigenvalue weighted by Crippen LogP contribution is -2.37. The second-order valence-corrected chi connectivity index (χ2v) is 7.52. The first-order valence-corrected chi connectivity index (χ1v) is 9.68. The van der Waals surface area contributed by atoms with Crippen molar-refractivity contribution in [3.8, 4) is 0 Å². The molecule has 0 spiro atoms. The summed E-state index contributed by atoms with van der Waals surface area (Å²) in [7, 11) is 0. The quantitative estimate of drug-likeness (QED) is 0.680. The van der Waals surface area contributed by atoms with Gasteiger partial charge in [0.1, 0.15) is 12.2 Å². The van der Waals surface area contributed by atoms with Crippen molar-refractivity contribution in [3.63, 3.8) is 0 Å². The van der Waals surface area contributed by atoms with Crippen LogP contribution in [0.15, 0.2) is 41.3 Å². The summed E-state index contributed by atoms with van der Waals surface area (Å²) in [4.78, 5) is 24.3. The van der Waals surface area contributed by atoms with Crippen molar-refractivity contribution in [3.05, 3.63) is 58.3 Å². The Bertz CT molecular complexity index is 1110. The molecule has 10 heteroatoms. The maximum Gasteiger partial charge on any atom is 0.408 e. The number of aromatic amines is 1. The van der Waals surface area contributed by atoms with Crippen LogP contribution in [-0.4, -0.2) is 38.1 Å². The molecule has 1 fully saturated rings. The SMILES string of the molecule is O=C(N[C@H]1CC[C@H](c2n[nH]c(=O)c3ccccc32)CC1)c1ccn(CC(F)(F)F)n1. The second-order valence-electron chi connectivity index (χ2n) is 7.52. The standard InChI is InChI=1S/C20H20F3N5O2/c21-20(22,23)11-28-10-9-16(27-28)19(30)24-13-7-5-12(6-8-13)17-14-3-1-2-4-15(14)18(29)26-25-17/h1-4,9-10,12-13H,5-8,11H2,(H,24,30)(H,26,29)/t12-,13-. The first kappa shape index (κ1) is 20.1. The largest absolute Gasteiger partial charge is 0.408 e. The van der Waals surface area contributed by atoms with Crippen molar-refractivity contribution in [1.82, 2.24) is 25.3 Å². The van der Waals surface area contributed by atoms with Crippen LogP contribution >= 0.6 is 0 Å². The molecular weight excluding hydrogens is 399 g/mol. The number of fused-ring (bicyclic) bond motifs is 1. The number of rotatable bonds is 4. The Labute approximate surface area is 169 Å². The Morgan fingerprint density at radius 2 is 1.83 bits per heavy atom. The fraction of sp³-hybridized carbons (Fsp3) is 0.400. The zero-order chi connectivity index (χ0) is 21.3. The lowest BCUT2D eigenvalue weighted by molar-refractivity contribution is -0.142. The predicted octanol–water partition coefficient (Wildman–Crippen LogP) is 3.14. The molecule has 0 saturated heterocycles. The Balaban J connectivity index is 1.38. The number of benzene rings is 1. The summed E-state index contributed by atoms with van der Waals surface area (Å²) in [6.45, 7) is -1.23. The Morgan fingerprint density at radius 1 is 1.13 bits per heavy atom. The molecule has 0 atom stereocenters. The summed E-state index contributed by atoms with van der Waals surface area (Å²) >= 11 is 0. The molecule has 0 aliphatic heterocycles. The molecule has 2 N–H and O–H groups in total. The van der Waals surface area contributed by atoms with Gasteiger partial charge in [0.25, 0.3) is 11.5 Å². The van der Waals surface area contributed by atoms with E-state index in [1.54, 1.807) is 6.07 Å². The Morgan fingerprint density at radius 3 is 2.53 bits per heavy atom. The molecular formula is C20H20F3N5O2. The van der Waals surface area contributed by atoms with E-state index in [9.17, 15) is 22.8 Å². The van der Waals surface area contributed by atoms with E-state index in [1.807, 2.05) is 18.2 Å². The van der Waals surface area contributed by atoms with E-state index in [1.165, 1.54) is 6.07 Å². The van der Waals surface area contributed by atoms with Gasteiger partial charge in [0.2, 0.25) is 0 Å². The van der Waals surface area contributed by atoms with Gasteiger partial charge in [0, 0.05) is 23.5 Å². The van der Waals surface area contributed by atoms with E-state index in [2.05, 4.69) is 20.6 Å². The number of alkyl halides is 3. The van der Waals surface area contributed by atoms with Crippen LogP contribution in [0.3, 0.4) is 0 Å². The molecule has 1 saturated carbocycles. The molecule has 30 heavy (non-hydrogen) atoms. The van der Waals surface area contributed by atoms with Gasteiger partial charge in [0.15, 0.2) is 0 Å². The highest BCUT2D eigenvalue weighted by Crippen LogP contribution is 2.34. The number of carbonyl (C=O) groups is 1. The summed E-state index contributed by atoms with van der Waals surface area (Å²) in [5.74, 6) is -0.321. The monoisotopic (exact) mass is 419 g/mol. The van der Waals surface area contributed by atoms with Crippen LogP contribution in [0.4, 0.5) is 13.2 Å². The van der Waals surface area contributed by atoms with Gasteiger partial charge in [-0.05, 0) is 37.8 Å². The second kappa shape index (κ2) is 7.92. The third kappa shape index (κ3) is 4.37. The highest BCUT2D eigenvalue weighted by molar-refractivity contribution is 5.92. The van der Waals surface area contributed by atoms with Crippen LogP contribution in [0.2, 0.25) is 0 Å². The van der Waals surface area contributed by atoms with E-state index in [0.29, 0.717) is 22.9 Å². The zero-order valence-electron chi connectivity index (χ0n) is 15.9. The van der Waals surface area contributed by atoms with Crippen molar-refractivity contribution >= 4 is 16.7 Å². The summed E-state index contributed by atoms with van der Waals surface area (Å²) in [5, 5.41) is 14.8. The number of H-pyrrole nitrogens is 1. The summed E-state index contributed by atoms with van der Waals surface area (Å²) in [6.07, 6.45) is -0.291. The van der Waals surface area contributed by atoms with Gasteiger partial charge in [-0.25, -0.2) is 5.10 Å². The molecule has 158 valence electrons. The number of hydrogen-bond acceptors (Lipinski definition) is 4. The molecule has 1 aliphatic rings.